The van der Waals surface area contributed by atoms with Gasteiger partial charge in [0.15, 0.2) is 0 Å². The van der Waals surface area contributed by atoms with Crippen molar-refractivity contribution in [3.63, 3.8) is 0 Å². The van der Waals surface area contributed by atoms with Crippen molar-refractivity contribution in [1.29, 1.82) is 0 Å². The number of nitrogens with zero attached hydrogens (tertiary/aromatic N) is 2. The minimum Gasteiger partial charge on any atom is -0.456 e. The number of fused-ring (bicyclic) bond motifs is 10. The Morgan fingerprint density at radius 2 is 1.11 bits per heavy atom. The summed E-state index contributed by atoms with van der Waals surface area (Å²) in [6, 6.07) is 65.4. The maximum Gasteiger partial charge on any atom is 0.135 e. The summed E-state index contributed by atoms with van der Waals surface area (Å²) in [5.74, 6) is 0. The number of rotatable bonds is 6. The van der Waals surface area contributed by atoms with Gasteiger partial charge in [-0.3, -0.25) is 0 Å². The van der Waals surface area contributed by atoms with Gasteiger partial charge in [-0.25, -0.2) is 0 Å². The van der Waals surface area contributed by atoms with Gasteiger partial charge in [-0.05, 0) is 100 Å². The van der Waals surface area contributed by atoms with Crippen molar-refractivity contribution >= 4 is 73.0 Å². The summed E-state index contributed by atoms with van der Waals surface area (Å²) in [4.78, 5) is 2.31. The van der Waals surface area contributed by atoms with Crippen LogP contribution in [0, 0.1) is 0 Å². The lowest BCUT2D eigenvalue weighted by Crippen LogP contribution is -2.16. The molecule has 0 spiro atoms. The largest absolute Gasteiger partial charge is 0.456 e. The summed E-state index contributed by atoms with van der Waals surface area (Å²) in [5.41, 5.74) is 16.4. The van der Waals surface area contributed by atoms with Gasteiger partial charge >= 0.3 is 0 Å². The number of furan rings is 1. The first-order valence-corrected chi connectivity index (χ1v) is 19.3. The highest BCUT2D eigenvalue weighted by Gasteiger charge is 2.38. The van der Waals surface area contributed by atoms with Gasteiger partial charge in [0, 0.05) is 49.7 Å². The Balaban J connectivity index is 0.941. The average molecular weight is 719 g/mol. The van der Waals surface area contributed by atoms with Crippen molar-refractivity contribution in [1.82, 2.24) is 4.57 Å². The molecule has 56 heavy (non-hydrogen) atoms. The molecule has 0 unspecified atom stereocenters. The minimum atomic E-state index is -0.191. The molecule has 0 aliphatic heterocycles. The summed E-state index contributed by atoms with van der Waals surface area (Å²) < 4.78 is 8.62. The van der Waals surface area contributed by atoms with Crippen LogP contribution in [-0.2, 0) is 5.41 Å². The SMILES string of the molecule is CC1(C)c2cc(C=Cc3ccc(N(c4ccccc4)c4ccc5oc6ccccc6c5c4)cc3)ccc2-c2ccc3c4ccccc4n(-c4ccccc4)c3c21. The highest BCUT2D eigenvalue weighted by molar-refractivity contribution is 6.13. The second-order valence-corrected chi connectivity index (χ2v) is 15.4. The van der Waals surface area contributed by atoms with Crippen molar-refractivity contribution < 1.29 is 4.42 Å². The van der Waals surface area contributed by atoms with Gasteiger partial charge in [0.1, 0.15) is 11.2 Å². The Hall–Kier alpha value is -7.10. The Morgan fingerprint density at radius 1 is 0.482 bits per heavy atom. The van der Waals surface area contributed by atoms with Crippen molar-refractivity contribution in [3.8, 4) is 16.8 Å². The van der Waals surface area contributed by atoms with E-state index in [-0.39, 0.29) is 5.41 Å². The Kier molecular flexibility index (Phi) is 7.20. The molecule has 2 aromatic heterocycles. The molecule has 11 rings (SSSR count). The van der Waals surface area contributed by atoms with Crippen LogP contribution in [0.25, 0.3) is 72.7 Å². The first-order valence-electron chi connectivity index (χ1n) is 19.3. The van der Waals surface area contributed by atoms with E-state index < -0.39 is 0 Å². The summed E-state index contributed by atoms with van der Waals surface area (Å²) in [6.45, 7) is 4.78. The van der Waals surface area contributed by atoms with Crippen molar-refractivity contribution in [2.24, 2.45) is 0 Å². The Bertz CT molecular complexity index is 3150. The van der Waals surface area contributed by atoms with Gasteiger partial charge in [0.25, 0.3) is 0 Å². The second-order valence-electron chi connectivity index (χ2n) is 15.4. The minimum absolute atomic E-state index is 0.191. The van der Waals surface area contributed by atoms with E-state index in [1.165, 1.54) is 55.3 Å². The number of benzene rings is 8. The molecule has 1 aliphatic carbocycles. The summed E-state index contributed by atoms with van der Waals surface area (Å²) in [7, 11) is 0. The lowest BCUT2D eigenvalue weighted by molar-refractivity contribution is 0.663. The fourth-order valence-corrected chi connectivity index (χ4v) is 9.12. The van der Waals surface area contributed by atoms with Crippen molar-refractivity contribution in [2.45, 2.75) is 19.3 Å². The molecule has 0 amide bonds. The molecular weight excluding hydrogens is 681 g/mol. The smallest absolute Gasteiger partial charge is 0.135 e. The molecule has 0 N–H and O–H groups in total. The number of anilines is 3. The molecule has 0 fully saturated rings. The molecular formula is C53H38N2O. The third kappa shape index (κ3) is 4.98. The van der Waals surface area contributed by atoms with Crippen LogP contribution in [0.3, 0.4) is 0 Å². The third-order valence-electron chi connectivity index (χ3n) is 11.7. The molecule has 0 radical (unpaired) electrons. The standard InChI is InChI=1S/C53H38N2O/c1-53(2)47-33-36(25-29-41(47)44-30-31-45-42-17-9-11-19-48(42)55(52(45)51(44)53)38-15-7-4-8-16-38)22-21-35-23-26-39(27-24-35)54(37-13-5-3-6-14-37)40-28-32-50-46(34-40)43-18-10-12-20-49(43)56-50/h3-34H,1-2H3. The molecule has 8 aromatic carbocycles. The van der Waals surface area contributed by atoms with E-state index in [4.69, 9.17) is 4.42 Å². The van der Waals surface area contributed by atoms with Crippen LogP contribution in [0.2, 0.25) is 0 Å². The van der Waals surface area contributed by atoms with Crippen LogP contribution in [-0.4, -0.2) is 4.57 Å². The molecule has 2 heterocycles. The van der Waals surface area contributed by atoms with E-state index in [0.717, 1.165) is 44.6 Å². The number of hydrogen-bond acceptors (Lipinski definition) is 2. The normalized spacial score (nSPS) is 13.2. The topological polar surface area (TPSA) is 21.3 Å². The number of para-hydroxylation sites is 4. The molecule has 0 atom stereocenters. The maximum absolute atomic E-state index is 6.15. The van der Waals surface area contributed by atoms with Crippen LogP contribution >= 0.6 is 0 Å². The predicted molar refractivity (Wildman–Crippen MR) is 236 cm³/mol. The summed E-state index contributed by atoms with van der Waals surface area (Å²) in [5, 5.41) is 4.83. The van der Waals surface area contributed by atoms with Crippen molar-refractivity contribution in [2.75, 3.05) is 4.90 Å². The zero-order valence-electron chi connectivity index (χ0n) is 31.3. The van der Waals surface area contributed by atoms with Gasteiger partial charge in [0.2, 0.25) is 0 Å². The van der Waals surface area contributed by atoms with Crippen molar-refractivity contribution in [3.05, 3.63) is 204 Å². The second kappa shape index (κ2) is 12.5. The zero-order valence-corrected chi connectivity index (χ0v) is 31.3. The number of hydrogen-bond donors (Lipinski definition) is 0. The van der Waals surface area contributed by atoms with Gasteiger partial charge in [-0.2, -0.15) is 0 Å². The Morgan fingerprint density at radius 3 is 1.93 bits per heavy atom. The predicted octanol–water partition coefficient (Wildman–Crippen LogP) is 14.6. The van der Waals surface area contributed by atoms with Gasteiger partial charge < -0.3 is 13.9 Å². The first kappa shape index (κ1) is 32.3. The molecule has 3 heteroatoms. The lowest BCUT2D eigenvalue weighted by atomic mass is 9.81. The van der Waals surface area contributed by atoms with E-state index in [9.17, 15) is 0 Å². The van der Waals surface area contributed by atoms with Crippen LogP contribution in [0.15, 0.2) is 186 Å². The molecule has 266 valence electrons. The summed E-state index contributed by atoms with van der Waals surface area (Å²) >= 11 is 0. The lowest BCUT2D eigenvalue weighted by Gasteiger charge is -2.25. The quantitative estimate of drug-likeness (QED) is 0.160. The molecule has 3 nitrogen and oxygen atoms in total. The van der Waals surface area contributed by atoms with Gasteiger partial charge in [-0.15, -0.1) is 0 Å². The van der Waals surface area contributed by atoms with E-state index in [0.29, 0.717) is 0 Å². The Labute approximate surface area is 326 Å². The molecule has 10 aromatic rings. The van der Waals surface area contributed by atoms with E-state index >= 15 is 0 Å². The maximum atomic E-state index is 6.15. The summed E-state index contributed by atoms with van der Waals surface area (Å²) in [6.07, 6.45) is 4.47. The zero-order chi connectivity index (χ0) is 37.4. The van der Waals surface area contributed by atoms with E-state index in [1.807, 2.05) is 12.1 Å². The van der Waals surface area contributed by atoms with E-state index in [1.54, 1.807) is 0 Å². The molecule has 1 aliphatic rings. The van der Waals surface area contributed by atoms with Crippen LogP contribution < -0.4 is 4.90 Å². The molecule has 0 saturated carbocycles. The van der Waals surface area contributed by atoms with Crippen LogP contribution in [0.4, 0.5) is 17.1 Å². The fraction of sp³-hybridized carbons (Fsp3) is 0.0566. The average Bonchev–Trinajstić information content (AvgIpc) is 3.86. The highest BCUT2D eigenvalue weighted by Crippen LogP contribution is 2.53. The van der Waals surface area contributed by atoms with E-state index in [2.05, 4.69) is 205 Å². The van der Waals surface area contributed by atoms with Gasteiger partial charge in [-0.1, -0.05) is 141 Å². The first-order chi connectivity index (χ1) is 27.5. The highest BCUT2D eigenvalue weighted by atomic mass is 16.3. The molecule has 0 bridgehead atoms. The molecule has 0 saturated heterocycles. The monoisotopic (exact) mass is 718 g/mol. The van der Waals surface area contributed by atoms with Gasteiger partial charge in [0.05, 0.1) is 11.0 Å². The number of aromatic nitrogens is 1. The fourth-order valence-electron chi connectivity index (χ4n) is 9.12. The van der Waals surface area contributed by atoms with Crippen LogP contribution in [0.5, 0.6) is 0 Å². The third-order valence-corrected chi connectivity index (χ3v) is 11.7. The van der Waals surface area contributed by atoms with Crippen LogP contribution in [0.1, 0.15) is 36.1 Å².